The summed E-state index contributed by atoms with van der Waals surface area (Å²) in [5.74, 6) is 0.149. The number of benzene rings is 1. The number of aryl methyl sites for hydroxylation is 1. The zero-order valence-corrected chi connectivity index (χ0v) is 13.7. The molecule has 1 aromatic carbocycles. The van der Waals surface area contributed by atoms with E-state index < -0.39 is 9.05 Å². The van der Waals surface area contributed by atoms with Gasteiger partial charge in [-0.3, -0.25) is 4.79 Å². The lowest BCUT2D eigenvalue weighted by Crippen LogP contribution is -2.35. The molecule has 0 unspecified atom stereocenters. The van der Waals surface area contributed by atoms with Crippen molar-refractivity contribution < 1.29 is 13.2 Å². The number of carbonyl (C=O) groups is 1. The van der Waals surface area contributed by atoms with E-state index in [0.717, 1.165) is 18.4 Å². The summed E-state index contributed by atoms with van der Waals surface area (Å²) in [6, 6.07) is 6.75. The molecular formula is C15H20ClNO3S. The van der Waals surface area contributed by atoms with Crippen molar-refractivity contribution in [3.05, 3.63) is 29.8 Å². The minimum Gasteiger partial charge on any atom is -0.343 e. The van der Waals surface area contributed by atoms with E-state index in [0.29, 0.717) is 18.9 Å². The quantitative estimate of drug-likeness (QED) is 0.780. The van der Waals surface area contributed by atoms with Crippen LogP contribution in [0.15, 0.2) is 29.2 Å². The Kier molecular flexibility index (Phi) is 5.27. The summed E-state index contributed by atoms with van der Waals surface area (Å²) < 4.78 is 22.3. The zero-order chi connectivity index (χ0) is 15.5. The van der Waals surface area contributed by atoms with E-state index in [9.17, 15) is 13.2 Å². The first-order valence-corrected chi connectivity index (χ1v) is 9.48. The van der Waals surface area contributed by atoms with Gasteiger partial charge in [-0.15, -0.1) is 0 Å². The molecule has 1 aliphatic rings. The Hall–Kier alpha value is -1.07. The standard InChI is InChI=1S/C15H20ClNO3S/c1-17(13-4-2-3-5-13)15(18)11-8-12-6-9-14(10-7-12)21(16,19)20/h6-7,9-10,13H,2-5,8,11H2,1H3. The zero-order valence-electron chi connectivity index (χ0n) is 12.1. The highest BCUT2D eigenvalue weighted by Crippen LogP contribution is 2.23. The van der Waals surface area contributed by atoms with Crippen LogP contribution >= 0.6 is 10.7 Å². The largest absolute Gasteiger partial charge is 0.343 e. The van der Waals surface area contributed by atoms with Gasteiger partial charge in [-0.1, -0.05) is 25.0 Å². The molecule has 1 amide bonds. The van der Waals surface area contributed by atoms with Crippen LogP contribution in [0.5, 0.6) is 0 Å². The molecule has 0 spiro atoms. The fourth-order valence-corrected chi connectivity index (χ4v) is 3.51. The molecule has 0 atom stereocenters. The Bertz CT molecular complexity index is 592. The molecule has 1 fully saturated rings. The number of halogens is 1. The van der Waals surface area contributed by atoms with E-state index >= 15 is 0 Å². The minimum atomic E-state index is -3.68. The molecule has 0 aromatic heterocycles. The smallest absolute Gasteiger partial charge is 0.261 e. The van der Waals surface area contributed by atoms with Gasteiger partial charge in [0.25, 0.3) is 9.05 Å². The first-order valence-electron chi connectivity index (χ1n) is 7.17. The molecule has 0 heterocycles. The molecule has 0 aliphatic heterocycles. The summed E-state index contributed by atoms with van der Waals surface area (Å²) in [5.41, 5.74) is 0.937. The maximum Gasteiger partial charge on any atom is 0.261 e. The third-order valence-electron chi connectivity index (χ3n) is 4.10. The van der Waals surface area contributed by atoms with Crippen LogP contribution in [0.1, 0.15) is 37.7 Å². The Morgan fingerprint density at radius 1 is 1.24 bits per heavy atom. The fraction of sp³-hybridized carbons (Fsp3) is 0.533. The second-order valence-electron chi connectivity index (χ2n) is 5.52. The number of carbonyl (C=O) groups excluding carboxylic acids is 1. The lowest BCUT2D eigenvalue weighted by molar-refractivity contribution is -0.131. The summed E-state index contributed by atoms with van der Waals surface area (Å²) in [5, 5.41) is 0. The van der Waals surface area contributed by atoms with Crippen molar-refractivity contribution >= 4 is 25.6 Å². The topological polar surface area (TPSA) is 54.5 Å². The van der Waals surface area contributed by atoms with Crippen molar-refractivity contribution in [2.75, 3.05) is 7.05 Å². The Balaban J connectivity index is 1.89. The van der Waals surface area contributed by atoms with Crippen LogP contribution in [0.25, 0.3) is 0 Å². The predicted octanol–water partition coefficient (Wildman–Crippen LogP) is 2.95. The fourth-order valence-electron chi connectivity index (χ4n) is 2.74. The van der Waals surface area contributed by atoms with Crippen molar-refractivity contribution in [2.45, 2.75) is 49.5 Å². The molecule has 1 saturated carbocycles. The average Bonchev–Trinajstić information content (AvgIpc) is 2.97. The first-order chi connectivity index (χ1) is 9.88. The summed E-state index contributed by atoms with van der Waals surface area (Å²) in [6.45, 7) is 0. The van der Waals surface area contributed by atoms with E-state index in [1.165, 1.54) is 25.0 Å². The number of nitrogens with zero attached hydrogens (tertiary/aromatic N) is 1. The SMILES string of the molecule is CN(C(=O)CCc1ccc(S(=O)(=O)Cl)cc1)C1CCCC1. The lowest BCUT2D eigenvalue weighted by atomic mass is 10.1. The molecule has 6 heteroatoms. The molecule has 116 valence electrons. The van der Waals surface area contributed by atoms with Crippen LogP contribution in [-0.4, -0.2) is 32.3 Å². The van der Waals surface area contributed by atoms with E-state index in [2.05, 4.69) is 0 Å². The minimum absolute atomic E-state index is 0.0855. The molecular weight excluding hydrogens is 310 g/mol. The van der Waals surface area contributed by atoms with Gasteiger partial charge in [-0.25, -0.2) is 8.42 Å². The first kappa shape index (κ1) is 16.3. The van der Waals surface area contributed by atoms with Gasteiger partial charge in [-0.2, -0.15) is 0 Å². The molecule has 0 radical (unpaired) electrons. The summed E-state index contributed by atoms with van der Waals surface area (Å²) in [6.07, 6.45) is 5.67. The Morgan fingerprint density at radius 2 is 1.81 bits per heavy atom. The highest BCUT2D eigenvalue weighted by atomic mass is 35.7. The normalized spacial score (nSPS) is 16.1. The van der Waals surface area contributed by atoms with Crippen molar-refractivity contribution in [1.29, 1.82) is 0 Å². The van der Waals surface area contributed by atoms with Gasteiger partial charge in [-0.05, 0) is 37.0 Å². The predicted molar refractivity (Wildman–Crippen MR) is 82.8 cm³/mol. The molecule has 4 nitrogen and oxygen atoms in total. The van der Waals surface area contributed by atoms with E-state index in [1.54, 1.807) is 12.1 Å². The maximum atomic E-state index is 12.1. The highest BCUT2D eigenvalue weighted by molar-refractivity contribution is 8.13. The highest BCUT2D eigenvalue weighted by Gasteiger charge is 2.22. The van der Waals surface area contributed by atoms with Gasteiger partial charge in [0, 0.05) is 30.2 Å². The van der Waals surface area contributed by atoms with Gasteiger partial charge >= 0.3 is 0 Å². The molecule has 1 aromatic rings. The van der Waals surface area contributed by atoms with Gasteiger partial charge < -0.3 is 4.90 Å². The third-order valence-corrected chi connectivity index (χ3v) is 5.47. The number of amides is 1. The molecule has 0 bridgehead atoms. The monoisotopic (exact) mass is 329 g/mol. The van der Waals surface area contributed by atoms with Crippen molar-refractivity contribution in [1.82, 2.24) is 4.90 Å². The molecule has 1 aliphatic carbocycles. The Morgan fingerprint density at radius 3 is 2.33 bits per heavy atom. The van der Waals surface area contributed by atoms with Crippen LogP contribution in [-0.2, 0) is 20.3 Å². The van der Waals surface area contributed by atoms with Gasteiger partial charge in [0.15, 0.2) is 0 Å². The van der Waals surface area contributed by atoms with Gasteiger partial charge in [0.2, 0.25) is 5.91 Å². The van der Waals surface area contributed by atoms with Crippen LogP contribution < -0.4 is 0 Å². The van der Waals surface area contributed by atoms with E-state index in [4.69, 9.17) is 10.7 Å². The summed E-state index contributed by atoms with van der Waals surface area (Å²) >= 11 is 0. The molecule has 21 heavy (non-hydrogen) atoms. The van der Waals surface area contributed by atoms with Crippen LogP contribution in [0.2, 0.25) is 0 Å². The molecule has 0 saturated heterocycles. The second-order valence-corrected chi connectivity index (χ2v) is 8.09. The Labute approximate surface area is 130 Å². The van der Waals surface area contributed by atoms with Crippen molar-refractivity contribution in [3.8, 4) is 0 Å². The molecule has 2 rings (SSSR count). The number of hydrogen-bond donors (Lipinski definition) is 0. The summed E-state index contributed by atoms with van der Waals surface area (Å²) in [7, 11) is 3.46. The van der Waals surface area contributed by atoms with Crippen molar-refractivity contribution in [3.63, 3.8) is 0 Å². The van der Waals surface area contributed by atoms with Crippen molar-refractivity contribution in [2.24, 2.45) is 0 Å². The van der Waals surface area contributed by atoms with Crippen LogP contribution in [0, 0.1) is 0 Å². The maximum absolute atomic E-state index is 12.1. The van der Waals surface area contributed by atoms with E-state index in [1.807, 2.05) is 11.9 Å². The lowest BCUT2D eigenvalue weighted by Gasteiger charge is -2.24. The third kappa shape index (κ3) is 4.45. The van der Waals surface area contributed by atoms with Gasteiger partial charge in [0.05, 0.1) is 4.90 Å². The van der Waals surface area contributed by atoms with Crippen LogP contribution in [0.3, 0.4) is 0 Å². The second kappa shape index (κ2) is 6.79. The van der Waals surface area contributed by atoms with Crippen LogP contribution in [0.4, 0.5) is 0 Å². The summed E-state index contributed by atoms with van der Waals surface area (Å²) in [4.78, 5) is 14.1. The number of hydrogen-bond acceptors (Lipinski definition) is 3. The number of rotatable bonds is 5. The molecule has 0 N–H and O–H groups in total. The van der Waals surface area contributed by atoms with E-state index in [-0.39, 0.29) is 10.8 Å². The van der Waals surface area contributed by atoms with Gasteiger partial charge in [0.1, 0.15) is 0 Å². The average molecular weight is 330 g/mol.